The molecule has 8 heteroatoms. The lowest BCUT2D eigenvalue weighted by molar-refractivity contribution is -0.390. The van der Waals surface area contributed by atoms with E-state index in [2.05, 4.69) is 0 Å². The largest absolute Gasteiger partial charge is 0.484 e. The van der Waals surface area contributed by atoms with Crippen molar-refractivity contribution in [1.29, 1.82) is 0 Å². The highest BCUT2D eigenvalue weighted by Crippen LogP contribution is 2.44. The summed E-state index contributed by atoms with van der Waals surface area (Å²) in [7, 11) is 0. The third kappa shape index (κ3) is 2.95. The fourth-order valence-electron chi connectivity index (χ4n) is 2.01. The maximum absolute atomic E-state index is 11.0. The zero-order valence-electron chi connectivity index (χ0n) is 10.7. The van der Waals surface area contributed by atoms with Gasteiger partial charge in [-0.3, -0.25) is 20.2 Å². The van der Waals surface area contributed by atoms with Gasteiger partial charge in [-0.05, 0) is 25.7 Å². The Kier molecular flexibility index (Phi) is 4.34. The SMILES string of the molecule is O=[N+]([O-])c1ccc([N+](=O)[O-])c2c1OCCCCCCO2. The van der Waals surface area contributed by atoms with Crippen molar-refractivity contribution < 1.29 is 19.3 Å². The van der Waals surface area contributed by atoms with Gasteiger partial charge in [-0.15, -0.1) is 0 Å². The van der Waals surface area contributed by atoms with E-state index in [1.807, 2.05) is 0 Å². The molecule has 0 amide bonds. The molecule has 2 rings (SSSR count). The van der Waals surface area contributed by atoms with Crippen molar-refractivity contribution >= 4 is 11.4 Å². The number of ether oxygens (including phenoxy) is 2. The third-order valence-electron chi connectivity index (χ3n) is 3.00. The van der Waals surface area contributed by atoms with E-state index in [4.69, 9.17) is 9.47 Å². The molecule has 1 heterocycles. The molecular formula is C12H14N2O6. The second-order valence-electron chi connectivity index (χ2n) is 4.39. The fraction of sp³-hybridized carbons (Fsp3) is 0.500. The number of rotatable bonds is 2. The van der Waals surface area contributed by atoms with Crippen LogP contribution in [0.2, 0.25) is 0 Å². The molecule has 1 aromatic carbocycles. The molecule has 1 aliphatic heterocycles. The summed E-state index contributed by atoms with van der Waals surface area (Å²) in [4.78, 5) is 20.8. The molecule has 0 spiro atoms. The van der Waals surface area contributed by atoms with Crippen molar-refractivity contribution in [2.24, 2.45) is 0 Å². The fourth-order valence-corrected chi connectivity index (χ4v) is 2.01. The highest BCUT2D eigenvalue weighted by atomic mass is 16.6. The minimum Gasteiger partial charge on any atom is -0.484 e. The molecule has 0 bridgehead atoms. The first-order valence-electron chi connectivity index (χ1n) is 6.32. The first-order chi connectivity index (χ1) is 9.61. The molecular weight excluding hydrogens is 268 g/mol. The van der Waals surface area contributed by atoms with Gasteiger partial charge in [0.25, 0.3) is 0 Å². The molecule has 1 aliphatic rings. The summed E-state index contributed by atoms with van der Waals surface area (Å²) in [5, 5.41) is 22.0. The van der Waals surface area contributed by atoms with Crippen molar-refractivity contribution in [3.63, 3.8) is 0 Å². The molecule has 0 fully saturated rings. The average Bonchev–Trinajstić information content (AvgIpc) is 2.42. The molecule has 0 aromatic heterocycles. The van der Waals surface area contributed by atoms with E-state index >= 15 is 0 Å². The molecule has 0 atom stereocenters. The van der Waals surface area contributed by atoms with Crippen LogP contribution in [0.3, 0.4) is 0 Å². The summed E-state index contributed by atoms with van der Waals surface area (Å²) in [5.41, 5.74) is -0.627. The molecule has 1 aromatic rings. The van der Waals surface area contributed by atoms with Gasteiger partial charge >= 0.3 is 11.4 Å². The molecule has 0 saturated heterocycles. The number of nitrogens with zero attached hydrogens (tertiary/aromatic N) is 2. The van der Waals surface area contributed by atoms with Crippen LogP contribution in [-0.2, 0) is 0 Å². The van der Waals surface area contributed by atoms with Gasteiger partial charge in [0.15, 0.2) is 0 Å². The Morgan fingerprint density at radius 3 is 1.55 bits per heavy atom. The average molecular weight is 282 g/mol. The van der Waals surface area contributed by atoms with Crippen LogP contribution in [0.15, 0.2) is 12.1 Å². The molecule has 108 valence electrons. The van der Waals surface area contributed by atoms with Gasteiger partial charge in [0.2, 0.25) is 11.5 Å². The summed E-state index contributed by atoms with van der Waals surface area (Å²) < 4.78 is 10.8. The van der Waals surface area contributed by atoms with Gasteiger partial charge in [-0.1, -0.05) is 0 Å². The zero-order chi connectivity index (χ0) is 14.5. The second kappa shape index (κ2) is 6.18. The van der Waals surface area contributed by atoms with Crippen LogP contribution >= 0.6 is 0 Å². The lowest BCUT2D eigenvalue weighted by Crippen LogP contribution is -2.09. The van der Waals surface area contributed by atoms with Crippen molar-refractivity contribution in [1.82, 2.24) is 0 Å². The van der Waals surface area contributed by atoms with E-state index in [0.29, 0.717) is 0 Å². The van der Waals surface area contributed by atoms with E-state index in [1.54, 1.807) is 0 Å². The number of hydrogen-bond acceptors (Lipinski definition) is 6. The summed E-state index contributed by atoms with van der Waals surface area (Å²) in [6.45, 7) is 0.552. The Hall–Kier alpha value is -2.38. The van der Waals surface area contributed by atoms with E-state index in [0.717, 1.165) is 37.8 Å². The predicted octanol–water partition coefficient (Wildman–Crippen LogP) is 2.83. The van der Waals surface area contributed by atoms with Crippen molar-refractivity contribution in [2.45, 2.75) is 25.7 Å². The van der Waals surface area contributed by atoms with Gasteiger partial charge in [0.1, 0.15) is 0 Å². The van der Waals surface area contributed by atoms with Gasteiger partial charge in [0.05, 0.1) is 23.1 Å². The highest BCUT2D eigenvalue weighted by Gasteiger charge is 2.29. The standard InChI is InChI=1S/C12H14N2O6/c15-13(16)9-5-6-10(14(17)18)12-11(9)19-7-3-1-2-4-8-20-12/h5-6H,1-4,7-8H2. The predicted molar refractivity (Wildman–Crippen MR) is 69.2 cm³/mol. The second-order valence-corrected chi connectivity index (χ2v) is 4.39. The van der Waals surface area contributed by atoms with Crippen LogP contribution in [0.25, 0.3) is 0 Å². The Morgan fingerprint density at radius 2 is 1.20 bits per heavy atom. The first-order valence-corrected chi connectivity index (χ1v) is 6.32. The minimum atomic E-state index is -0.627. The number of nitro benzene ring substituents is 2. The highest BCUT2D eigenvalue weighted by molar-refractivity contribution is 5.65. The maximum atomic E-state index is 11.0. The maximum Gasteiger partial charge on any atom is 0.315 e. The van der Waals surface area contributed by atoms with Crippen LogP contribution in [0.4, 0.5) is 11.4 Å². The van der Waals surface area contributed by atoms with E-state index in [9.17, 15) is 20.2 Å². The molecule has 8 nitrogen and oxygen atoms in total. The normalized spacial score (nSPS) is 15.4. The van der Waals surface area contributed by atoms with Crippen LogP contribution in [0.5, 0.6) is 11.5 Å². The summed E-state index contributed by atoms with van der Waals surface area (Å²) in [6.07, 6.45) is 3.36. The summed E-state index contributed by atoms with van der Waals surface area (Å²) in [6, 6.07) is 2.15. The lowest BCUT2D eigenvalue weighted by Gasteiger charge is -2.14. The molecule has 0 N–H and O–H groups in total. The molecule has 0 unspecified atom stereocenters. The van der Waals surface area contributed by atoms with Crippen LogP contribution < -0.4 is 9.47 Å². The summed E-state index contributed by atoms with van der Waals surface area (Å²) >= 11 is 0. The van der Waals surface area contributed by atoms with E-state index in [-0.39, 0.29) is 36.1 Å². The van der Waals surface area contributed by atoms with Gasteiger partial charge < -0.3 is 9.47 Å². The number of fused-ring (bicyclic) bond motifs is 1. The van der Waals surface area contributed by atoms with E-state index < -0.39 is 9.85 Å². The quantitative estimate of drug-likeness (QED) is 0.610. The Balaban J connectivity index is 2.50. The third-order valence-corrected chi connectivity index (χ3v) is 3.00. The number of nitro groups is 2. The van der Waals surface area contributed by atoms with Gasteiger partial charge in [-0.2, -0.15) is 0 Å². The molecule has 0 saturated carbocycles. The monoisotopic (exact) mass is 282 g/mol. The molecule has 20 heavy (non-hydrogen) atoms. The minimum absolute atomic E-state index is 0.147. The van der Waals surface area contributed by atoms with Crippen LogP contribution in [-0.4, -0.2) is 23.1 Å². The first kappa shape index (κ1) is 14.0. The molecule has 0 aliphatic carbocycles. The van der Waals surface area contributed by atoms with Gasteiger partial charge in [-0.25, -0.2) is 0 Å². The number of hydrogen-bond donors (Lipinski definition) is 0. The van der Waals surface area contributed by atoms with Crippen molar-refractivity contribution in [3.05, 3.63) is 32.4 Å². The smallest absolute Gasteiger partial charge is 0.315 e. The van der Waals surface area contributed by atoms with Gasteiger partial charge in [0, 0.05) is 12.1 Å². The number of benzene rings is 1. The topological polar surface area (TPSA) is 105 Å². The Morgan fingerprint density at radius 1 is 0.800 bits per heavy atom. The zero-order valence-corrected chi connectivity index (χ0v) is 10.7. The van der Waals surface area contributed by atoms with Crippen LogP contribution in [0, 0.1) is 20.2 Å². The Labute approximate surface area is 114 Å². The van der Waals surface area contributed by atoms with Crippen molar-refractivity contribution in [2.75, 3.05) is 13.2 Å². The van der Waals surface area contributed by atoms with Crippen LogP contribution in [0.1, 0.15) is 25.7 Å². The summed E-state index contributed by atoms with van der Waals surface area (Å²) in [5.74, 6) is -0.294. The van der Waals surface area contributed by atoms with E-state index in [1.165, 1.54) is 0 Å². The molecule has 0 radical (unpaired) electrons. The van der Waals surface area contributed by atoms with Crippen molar-refractivity contribution in [3.8, 4) is 11.5 Å². The lowest BCUT2D eigenvalue weighted by atomic mass is 10.2. The Bertz CT molecular complexity index is 484.